The van der Waals surface area contributed by atoms with Crippen LogP contribution in [-0.4, -0.2) is 24.7 Å². The topological polar surface area (TPSA) is 49.8 Å². The van der Waals surface area contributed by atoms with Gasteiger partial charge in [0.1, 0.15) is 5.56 Å². The second kappa shape index (κ2) is 6.63. The number of aliphatic hydroxyl groups excluding tert-OH is 1. The van der Waals surface area contributed by atoms with Crippen LogP contribution >= 0.6 is 23.2 Å². The van der Waals surface area contributed by atoms with Gasteiger partial charge in [0.15, 0.2) is 5.75 Å². The van der Waals surface area contributed by atoms with Crippen LogP contribution in [0.4, 0.5) is 5.69 Å². The minimum absolute atomic E-state index is 0.234. The molecule has 1 unspecified atom stereocenters. The largest absolute Gasteiger partial charge is 0.494 e. The Morgan fingerprint density at radius 1 is 1.25 bits per heavy atom. The highest BCUT2D eigenvalue weighted by Gasteiger charge is 2.32. The number of nitrogens with zero attached hydrogens (tertiary/aromatic N) is 1. The Kier molecular flexibility index (Phi) is 4.72. The molecule has 1 atom stereocenters. The summed E-state index contributed by atoms with van der Waals surface area (Å²) in [5.74, 6) is -0.0303. The SMILES string of the molecule is COc1c(Cl)ccc(Cl)c1C(=O)N1CCC(O)c2cccc(C)c21. The molecule has 0 saturated heterocycles. The number of aliphatic hydroxyl groups is 1. The Morgan fingerprint density at radius 2 is 1.96 bits per heavy atom. The number of carbonyl (C=O) groups excluding carboxylic acids is 1. The predicted molar refractivity (Wildman–Crippen MR) is 95.4 cm³/mol. The molecule has 1 amide bonds. The molecule has 0 aliphatic carbocycles. The van der Waals surface area contributed by atoms with E-state index in [4.69, 9.17) is 27.9 Å². The van der Waals surface area contributed by atoms with Crippen LogP contribution in [-0.2, 0) is 0 Å². The van der Waals surface area contributed by atoms with Crippen molar-refractivity contribution in [1.82, 2.24) is 0 Å². The van der Waals surface area contributed by atoms with Crippen LogP contribution in [0.1, 0.15) is 34.0 Å². The van der Waals surface area contributed by atoms with Crippen molar-refractivity contribution in [1.29, 1.82) is 0 Å². The summed E-state index contributed by atoms with van der Waals surface area (Å²) >= 11 is 12.4. The molecule has 0 fully saturated rings. The summed E-state index contributed by atoms with van der Waals surface area (Å²) in [6.45, 7) is 2.30. The number of benzene rings is 2. The van der Waals surface area contributed by atoms with E-state index in [9.17, 15) is 9.90 Å². The normalized spacial score (nSPS) is 16.7. The molecule has 1 N–H and O–H groups in total. The maximum Gasteiger partial charge on any atom is 0.263 e. The minimum Gasteiger partial charge on any atom is -0.494 e. The number of hydrogen-bond donors (Lipinski definition) is 1. The highest BCUT2D eigenvalue weighted by molar-refractivity contribution is 6.38. The summed E-state index contributed by atoms with van der Waals surface area (Å²) in [5.41, 5.74) is 2.61. The van der Waals surface area contributed by atoms with Crippen molar-refractivity contribution < 1.29 is 14.6 Å². The predicted octanol–water partition coefficient (Wildman–Crippen LogP) is 4.39. The summed E-state index contributed by atoms with van der Waals surface area (Å²) in [5, 5.41) is 10.9. The fourth-order valence-electron chi connectivity index (χ4n) is 3.11. The van der Waals surface area contributed by atoms with Gasteiger partial charge in [0.25, 0.3) is 5.91 Å². The van der Waals surface area contributed by atoms with Gasteiger partial charge in [0.05, 0.1) is 28.9 Å². The van der Waals surface area contributed by atoms with Gasteiger partial charge in [0.2, 0.25) is 0 Å². The summed E-state index contributed by atoms with van der Waals surface area (Å²) in [6.07, 6.45) is -0.122. The summed E-state index contributed by atoms with van der Waals surface area (Å²) in [6, 6.07) is 8.80. The first-order valence-corrected chi connectivity index (χ1v) is 8.32. The molecule has 2 aromatic carbocycles. The summed E-state index contributed by atoms with van der Waals surface area (Å²) < 4.78 is 5.29. The maximum atomic E-state index is 13.2. The van der Waals surface area contributed by atoms with Crippen LogP contribution in [0, 0.1) is 6.92 Å². The third-order valence-corrected chi connectivity index (χ3v) is 4.86. The van der Waals surface area contributed by atoms with Gasteiger partial charge in [0, 0.05) is 12.1 Å². The molecule has 2 aromatic rings. The number of fused-ring (bicyclic) bond motifs is 1. The Balaban J connectivity index is 2.14. The van der Waals surface area contributed by atoms with Gasteiger partial charge in [-0.25, -0.2) is 0 Å². The molecule has 6 heteroatoms. The fraction of sp³-hybridized carbons (Fsp3) is 0.278. The first kappa shape index (κ1) is 17.1. The van der Waals surface area contributed by atoms with Crippen LogP contribution in [0.25, 0.3) is 0 Å². The van der Waals surface area contributed by atoms with E-state index in [0.29, 0.717) is 18.0 Å². The zero-order valence-electron chi connectivity index (χ0n) is 13.3. The Morgan fingerprint density at radius 3 is 2.67 bits per heavy atom. The lowest BCUT2D eigenvalue weighted by Gasteiger charge is -2.34. The van der Waals surface area contributed by atoms with Crippen molar-refractivity contribution in [2.75, 3.05) is 18.6 Å². The third kappa shape index (κ3) is 2.75. The molecule has 0 bridgehead atoms. The monoisotopic (exact) mass is 365 g/mol. The van der Waals surface area contributed by atoms with Crippen LogP contribution in [0.2, 0.25) is 10.0 Å². The second-order valence-corrected chi connectivity index (χ2v) is 6.53. The van der Waals surface area contributed by atoms with Gasteiger partial charge in [-0.2, -0.15) is 0 Å². The van der Waals surface area contributed by atoms with Gasteiger partial charge in [-0.05, 0) is 31.0 Å². The van der Waals surface area contributed by atoms with Crippen LogP contribution in [0.15, 0.2) is 30.3 Å². The first-order valence-electron chi connectivity index (χ1n) is 7.57. The molecule has 24 heavy (non-hydrogen) atoms. The van der Waals surface area contributed by atoms with Gasteiger partial charge in [-0.3, -0.25) is 4.79 Å². The molecule has 4 nitrogen and oxygen atoms in total. The van der Waals surface area contributed by atoms with Crippen molar-refractivity contribution in [3.8, 4) is 5.75 Å². The Bertz CT molecular complexity index is 807. The highest BCUT2D eigenvalue weighted by Crippen LogP contribution is 2.40. The first-order chi connectivity index (χ1) is 11.5. The molecule has 1 aliphatic heterocycles. The van der Waals surface area contributed by atoms with E-state index in [0.717, 1.165) is 16.8 Å². The lowest BCUT2D eigenvalue weighted by molar-refractivity contribution is 0.0967. The zero-order chi connectivity index (χ0) is 17.4. The number of para-hydroxylation sites is 1. The van der Waals surface area contributed by atoms with E-state index in [1.54, 1.807) is 17.0 Å². The minimum atomic E-state index is -0.583. The van der Waals surface area contributed by atoms with Crippen LogP contribution < -0.4 is 9.64 Å². The van der Waals surface area contributed by atoms with E-state index in [1.165, 1.54) is 7.11 Å². The zero-order valence-corrected chi connectivity index (χ0v) is 14.9. The molecule has 1 heterocycles. The number of ether oxygens (including phenoxy) is 1. The van der Waals surface area contributed by atoms with Gasteiger partial charge in [-0.1, -0.05) is 41.4 Å². The summed E-state index contributed by atoms with van der Waals surface area (Å²) in [7, 11) is 1.45. The number of hydrogen-bond acceptors (Lipinski definition) is 3. The van der Waals surface area contributed by atoms with E-state index in [2.05, 4.69) is 0 Å². The Hall–Kier alpha value is -1.75. The van der Waals surface area contributed by atoms with Crippen molar-refractivity contribution in [2.24, 2.45) is 0 Å². The van der Waals surface area contributed by atoms with E-state index in [-0.39, 0.29) is 22.2 Å². The van der Waals surface area contributed by atoms with Crippen molar-refractivity contribution in [2.45, 2.75) is 19.4 Å². The molecular weight excluding hydrogens is 349 g/mol. The number of carbonyl (C=O) groups is 1. The molecule has 0 saturated carbocycles. The number of anilines is 1. The molecule has 3 rings (SSSR count). The average Bonchev–Trinajstić information content (AvgIpc) is 2.57. The number of amides is 1. The average molecular weight is 366 g/mol. The van der Waals surface area contributed by atoms with Crippen LogP contribution in [0.3, 0.4) is 0 Å². The molecule has 0 aromatic heterocycles. The standard InChI is InChI=1S/C18H17Cl2NO3/c1-10-4-3-5-11-14(22)8-9-21(16(10)11)18(23)15-12(19)6-7-13(20)17(15)24-2/h3-7,14,22H,8-9H2,1-2H3. The van der Waals surface area contributed by atoms with Crippen LogP contribution in [0.5, 0.6) is 5.75 Å². The maximum absolute atomic E-state index is 13.2. The highest BCUT2D eigenvalue weighted by atomic mass is 35.5. The Labute approximate surface area is 150 Å². The number of rotatable bonds is 2. The van der Waals surface area contributed by atoms with Crippen molar-refractivity contribution in [3.63, 3.8) is 0 Å². The lowest BCUT2D eigenvalue weighted by atomic mass is 9.95. The fourth-order valence-corrected chi connectivity index (χ4v) is 3.57. The number of methoxy groups -OCH3 is 1. The van der Waals surface area contributed by atoms with E-state index < -0.39 is 6.10 Å². The van der Waals surface area contributed by atoms with Gasteiger partial charge in [-0.15, -0.1) is 0 Å². The molecular formula is C18H17Cl2NO3. The summed E-state index contributed by atoms with van der Waals surface area (Å²) in [4.78, 5) is 14.8. The molecule has 0 radical (unpaired) electrons. The smallest absolute Gasteiger partial charge is 0.263 e. The van der Waals surface area contributed by atoms with Crippen molar-refractivity contribution >= 4 is 34.8 Å². The van der Waals surface area contributed by atoms with E-state index in [1.807, 2.05) is 25.1 Å². The second-order valence-electron chi connectivity index (χ2n) is 5.71. The molecule has 1 aliphatic rings. The van der Waals surface area contributed by atoms with Crippen molar-refractivity contribution in [3.05, 3.63) is 57.1 Å². The quantitative estimate of drug-likeness (QED) is 0.858. The molecule has 0 spiro atoms. The van der Waals surface area contributed by atoms with Gasteiger partial charge < -0.3 is 14.7 Å². The van der Waals surface area contributed by atoms with E-state index >= 15 is 0 Å². The third-order valence-electron chi connectivity index (χ3n) is 4.25. The number of halogens is 2. The lowest BCUT2D eigenvalue weighted by Crippen LogP contribution is -2.37. The molecule has 126 valence electrons. The van der Waals surface area contributed by atoms with Gasteiger partial charge >= 0.3 is 0 Å². The number of aryl methyl sites for hydroxylation is 1.